The molecule has 1 aromatic rings. The Bertz CT molecular complexity index is 648. The molecule has 1 aliphatic rings. The predicted molar refractivity (Wildman–Crippen MR) is 118 cm³/mol. The Morgan fingerprint density at radius 1 is 1.14 bits per heavy atom. The van der Waals surface area contributed by atoms with Crippen molar-refractivity contribution in [1.82, 2.24) is 15.5 Å². The zero-order valence-corrected chi connectivity index (χ0v) is 18.2. The number of rotatable bonds is 9. The molecule has 156 valence electrons. The summed E-state index contributed by atoms with van der Waals surface area (Å²) in [4.78, 5) is 21.2. The summed E-state index contributed by atoms with van der Waals surface area (Å²) < 4.78 is 0. The van der Waals surface area contributed by atoms with E-state index in [1.54, 1.807) is 7.05 Å². The van der Waals surface area contributed by atoms with Gasteiger partial charge in [0.05, 0.1) is 0 Å². The molecule has 0 spiro atoms. The highest BCUT2D eigenvalue weighted by Gasteiger charge is 2.23. The number of hydrogen-bond acceptors (Lipinski definition) is 3. The van der Waals surface area contributed by atoms with Gasteiger partial charge >= 0.3 is 0 Å². The fourth-order valence-corrected chi connectivity index (χ4v) is 3.82. The number of carbonyl (C=O) groups excluding carboxylic acids is 1. The van der Waals surface area contributed by atoms with Crippen molar-refractivity contribution in [2.45, 2.75) is 59.0 Å². The minimum absolute atomic E-state index is 0.208. The lowest BCUT2D eigenvalue weighted by Crippen LogP contribution is -2.45. The standard InChI is InChI=1S/C22H37N5O/c1-17(2)26(18(3)4)16-14-25-22(23-5)24-13-8-11-21(28)27-15-12-19-9-6-7-10-20(19)27/h6-7,9-10,17-18H,8,11-16H2,1-5H3,(H2,23,24,25). The number of hydrogen-bond donors (Lipinski definition) is 2. The van der Waals surface area contributed by atoms with Gasteiger partial charge in [0.25, 0.3) is 0 Å². The Kier molecular flexibility index (Phi) is 8.77. The van der Waals surface area contributed by atoms with E-state index in [9.17, 15) is 4.79 Å². The van der Waals surface area contributed by atoms with Crippen molar-refractivity contribution >= 4 is 17.6 Å². The lowest BCUT2D eigenvalue weighted by molar-refractivity contribution is -0.118. The van der Waals surface area contributed by atoms with Crippen molar-refractivity contribution in [3.8, 4) is 0 Å². The number of aliphatic imine (C=N–C) groups is 1. The molecular formula is C22H37N5O. The molecule has 0 unspecified atom stereocenters. The van der Waals surface area contributed by atoms with Gasteiger partial charge in [-0.1, -0.05) is 18.2 Å². The summed E-state index contributed by atoms with van der Waals surface area (Å²) in [5, 5.41) is 6.68. The monoisotopic (exact) mass is 387 g/mol. The zero-order valence-electron chi connectivity index (χ0n) is 18.2. The van der Waals surface area contributed by atoms with Gasteiger partial charge in [-0.05, 0) is 52.2 Å². The van der Waals surface area contributed by atoms with Crippen LogP contribution in [-0.4, -0.2) is 62.1 Å². The van der Waals surface area contributed by atoms with Gasteiger partial charge in [-0.25, -0.2) is 0 Å². The van der Waals surface area contributed by atoms with Crippen LogP contribution in [0, 0.1) is 0 Å². The van der Waals surface area contributed by atoms with Crippen molar-refractivity contribution in [2.24, 2.45) is 4.99 Å². The highest BCUT2D eigenvalue weighted by Crippen LogP contribution is 2.27. The Labute approximate surface area is 170 Å². The van der Waals surface area contributed by atoms with Gasteiger partial charge in [-0.2, -0.15) is 0 Å². The summed E-state index contributed by atoms with van der Waals surface area (Å²) in [6, 6.07) is 9.25. The van der Waals surface area contributed by atoms with Crippen molar-refractivity contribution < 1.29 is 4.79 Å². The number of fused-ring (bicyclic) bond motifs is 1. The number of guanidine groups is 1. The molecule has 28 heavy (non-hydrogen) atoms. The molecule has 0 fully saturated rings. The molecule has 0 atom stereocenters. The molecule has 1 heterocycles. The molecule has 0 radical (unpaired) electrons. The van der Waals surface area contributed by atoms with Crippen molar-refractivity contribution in [3.05, 3.63) is 29.8 Å². The molecule has 1 aliphatic heterocycles. The van der Waals surface area contributed by atoms with Gasteiger partial charge in [0.1, 0.15) is 0 Å². The number of carbonyl (C=O) groups is 1. The number of amides is 1. The first kappa shape index (κ1) is 22.2. The smallest absolute Gasteiger partial charge is 0.227 e. The fourth-order valence-electron chi connectivity index (χ4n) is 3.82. The van der Waals surface area contributed by atoms with Crippen LogP contribution in [0.2, 0.25) is 0 Å². The third-order valence-electron chi connectivity index (χ3n) is 5.26. The van der Waals surface area contributed by atoms with Crippen LogP contribution < -0.4 is 15.5 Å². The third-order valence-corrected chi connectivity index (χ3v) is 5.26. The second-order valence-electron chi connectivity index (χ2n) is 7.88. The van der Waals surface area contributed by atoms with Gasteiger partial charge in [0, 0.05) is 57.4 Å². The maximum absolute atomic E-state index is 12.5. The van der Waals surface area contributed by atoms with Crippen LogP contribution in [0.3, 0.4) is 0 Å². The number of nitrogens with one attached hydrogen (secondary N) is 2. The van der Waals surface area contributed by atoms with Crippen LogP contribution in [0.25, 0.3) is 0 Å². The molecular weight excluding hydrogens is 350 g/mol. The average molecular weight is 388 g/mol. The second kappa shape index (κ2) is 11.1. The molecule has 2 N–H and O–H groups in total. The molecule has 0 aromatic heterocycles. The summed E-state index contributed by atoms with van der Waals surface area (Å²) in [5.41, 5.74) is 2.35. The topological polar surface area (TPSA) is 60.0 Å². The van der Waals surface area contributed by atoms with E-state index in [1.807, 2.05) is 23.1 Å². The normalized spacial score (nSPS) is 14.1. The van der Waals surface area contributed by atoms with Crippen LogP contribution >= 0.6 is 0 Å². The Balaban J connectivity index is 1.67. The number of benzene rings is 1. The first-order valence-electron chi connectivity index (χ1n) is 10.5. The number of para-hydroxylation sites is 1. The molecule has 0 aliphatic carbocycles. The van der Waals surface area contributed by atoms with Gasteiger partial charge in [-0.15, -0.1) is 0 Å². The van der Waals surface area contributed by atoms with E-state index in [4.69, 9.17) is 0 Å². The number of nitrogens with zero attached hydrogens (tertiary/aromatic N) is 3. The van der Waals surface area contributed by atoms with Crippen LogP contribution in [0.4, 0.5) is 5.69 Å². The minimum atomic E-state index is 0.208. The van der Waals surface area contributed by atoms with E-state index in [0.717, 1.165) is 50.7 Å². The molecule has 1 aromatic carbocycles. The fraction of sp³-hybridized carbons (Fsp3) is 0.636. The summed E-state index contributed by atoms with van der Waals surface area (Å²) >= 11 is 0. The van der Waals surface area contributed by atoms with E-state index in [0.29, 0.717) is 18.5 Å². The lowest BCUT2D eigenvalue weighted by Gasteiger charge is -2.30. The number of anilines is 1. The summed E-state index contributed by atoms with van der Waals surface area (Å²) in [6.07, 6.45) is 2.30. The first-order valence-corrected chi connectivity index (χ1v) is 10.5. The Hall–Kier alpha value is -2.08. The lowest BCUT2D eigenvalue weighted by atomic mass is 10.2. The van der Waals surface area contributed by atoms with Gasteiger partial charge < -0.3 is 15.5 Å². The van der Waals surface area contributed by atoms with Crippen molar-refractivity contribution in [1.29, 1.82) is 0 Å². The molecule has 0 saturated heterocycles. The quantitative estimate of drug-likeness (QED) is 0.388. The molecule has 2 rings (SSSR count). The summed E-state index contributed by atoms with van der Waals surface area (Å²) in [5.74, 6) is 1.01. The predicted octanol–water partition coefficient (Wildman–Crippen LogP) is 2.64. The van der Waals surface area contributed by atoms with Crippen molar-refractivity contribution in [3.63, 3.8) is 0 Å². The summed E-state index contributed by atoms with van der Waals surface area (Å²) in [7, 11) is 1.78. The SMILES string of the molecule is CN=C(NCCCC(=O)N1CCc2ccccc21)NCCN(C(C)C)C(C)C. The van der Waals surface area contributed by atoms with E-state index >= 15 is 0 Å². The van der Waals surface area contributed by atoms with Crippen LogP contribution in [0.1, 0.15) is 46.1 Å². The van der Waals surface area contributed by atoms with E-state index in [2.05, 4.69) is 54.3 Å². The molecule has 6 nitrogen and oxygen atoms in total. The Morgan fingerprint density at radius 3 is 2.50 bits per heavy atom. The molecule has 1 amide bonds. The second-order valence-corrected chi connectivity index (χ2v) is 7.88. The van der Waals surface area contributed by atoms with E-state index in [1.165, 1.54) is 5.56 Å². The largest absolute Gasteiger partial charge is 0.356 e. The highest BCUT2D eigenvalue weighted by molar-refractivity contribution is 5.95. The minimum Gasteiger partial charge on any atom is -0.356 e. The van der Waals surface area contributed by atoms with Gasteiger partial charge in [0.2, 0.25) is 5.91 Å². The van der Waals surface area contributed by atoms with Crippen LogP contribution in [-0.2, 0) is 11.2 Å². The average Bonchev–Trinajstić information content (AvgIpc) is 3.10. The maximum atomic E-state index is 12.5. The van der Waals surface area contributed by atoms with E-state index in [-0.39, 0.29) is 5.91 Å². The maximum Gasteiger partial charge on any atom is 0.227 e. The zero-order chi connectivity index (χ0) is 20.5. The summed E-state index contributed by atoms with van der Waals surface area (Å²) in [6.45, 7) is 12.3. The van der Waals surface area contributed by atoms with E-state index < -0.39 is 0 Å². The first-order chi connectivity index (χ1) is 13.4. The van der Waals surface area contributed by atoms with Gasteiger partial charge in [-0.3, -0.25) is 14.7 Å². The molecule has 0 bridgehead atoms. The van der Waals surface area contributed by atoms with Gasteiger partial charge in [0.15, 0.2) is 5.96 Å². The highest BCUT2D eigenvalue weighted by atomic mass is 16.2. The molecule has 6 heteroatoms. The van der Waals surface area contributed by atoms with Crippen LogP contribution in [0.15, 0.2) is 29.3 Å². The van der Waals surface area contributed by atoms with Crippen LogP contribution in [0.5, 0.6) is 0 Å². The van der Waals surface area contributed by atoms with Crippen molar-refractivity contribution in [2.75, 3.05) is 38.1 Å². The Morgan fingerprint density at radius 2 is 1.82 bits per heavy atom. The molecule has 0 saturated carbocycles. The third kappa shape index (κ3) is 6.23.